The number of piperidine rings is 1. The Morgan fingerprint density at radius 3 is 2.74 bits per heavy atom. The van der Waals surface area contributed by atoms with Gasteiger partial charge in [0.2, 0.25) is 15.9 Å². The van der Waals surface area contributed by atoms with E-state index in [1.807, 2.05) is 30.5 Å². The third-order valence-corrected chi connectivity index (χ3v) is 6.84. The van der Waals surface area contributed by atoms with E-state index in [2.05, 4.69) is 10.3 Å². The maximum atomic E-state index is 12.8. The molecule has 0 aliphatic carbocycles. The molecule has 1 atom stereocenters. The summed E-state index contributed by atoms with van der Waals surface area (Å²) in [7, 11) is -3.57. The van der Waals surface area contributed by atoms with Crippen LogP contribution in [0, 0.1) is 5.92 Å². The Labute approximate surface area is 158 Å². The molecule has 1 aromatic heterocycles. The summed E-state index contributed by atoms with van der Waals surface area (Å²) in [6.07, 6.45) is 3.20. The van der Waals surface area contributed by atoms with Crippen LogP contribution in [0.5, 0.6) is 0 Å². The van der Waals surface area contributed by atoms with Crippen molar-refractivity contribution in [3.63, 3.8) is 0 Å². The van der Waals surface area contributed by atoms with Crippen molar-refractivity contribution < 1.29 is 13.2 Å². The van der Waals surface area contributed by atoms with Gasteiger partial charge in [0.15, 0.2) is 0 Å². The van der Waals surface area contributed by atoms with Crippen molar-refractivity contribution in [2.24, 2.45) is 5.92 Å². The van der Waals surface area contributed by atoms with Crippen molar-refractivity contribution in [3.8, 4) is 0 Å². The smallest absolute Gasteiger partial charge is 0.243 e. The van der Waals surface area contributed by atoms with Gasteiger partial charge in [0.05, 0.1) is 10.8 Å². The number of fused-ring (bicyclic) bond motifs is 1. The van der Waals surface area contributed by atoms with Gasteiger partial charge in [0.1, 0.15) is 0 Å². The van der Waals surface area contributed by atoms with Crippen molar-refractivity contribution in [1.82, 2.24) is 9.29 Å². The molecule has 1 amide bonds. The summed E-state index contributed by atoms with van der Waals surface area (Å²) in [5.74, 6) is -0.503. The fourth-order valence-corrected chi connectivity index (χ4v) is 5.04. The number of amides is 1. The molecule has 3 aromatic rings. The SMILES string of the molecule is O=C(Nc1ccc2[nH]ccc2c1)[C@@H]1CCCN(S(=O)(=O)c2ccccc2)C1. The van der Waals surface area contributed by atoms with Crippen LogP contribution in [0.1, 0.15) is 12.8 Å². The summed E-state index contributed by atoms with van der Waals surface area (Å²) in [5, 5.41) is 3.95. The predicted octanol–water partition coefficient (Wildman–Crippen LogP) is 3.21. The Bertz CT molecular complexity index is 1060. The topological polar surface area (TPSA) is 82.3 Å². The number of aromatic nitrogens is 1. The van der Waals surface area contributed by atoms with Gasteiger partial charge in [-0.05, 0) is 49.2 Å². The van der Waals surface area contributed by atoms with Crippen molar-refractivity contribution >= 4 is 32.5 Å². The largest absolute Gasteiger partial charge is 0.361 e. The highest BCUT2D eigenvalue weighted by atomic mass is 32.2. The molecule has 1 aliphatic heterocycles. The number of nitrogens with zero attached hydrogens (tertiary/aromatic N) is 1. The van der Waals surface area contributed by atoms with Crippen LogP contribution in [0.25, 0.3) is 10.9 Å². The van der Waals surface area contributed by atoms with Crippen molar-refractivity contribution in [2.75, 3.05) is 18.4 Å². The second kappa shape index (κ2) is 7.17. The number of H-pyrrole nitrogens is 1. The zero-order valence-electron chi connectivity index (χ0n) is 14.8. The monoisotopic (exact) mass is 383 g/mol. The molecule has 2 N–H and O–H groups in total. The Kier molecular flexibility index (Phi) is 4.72. The van der Waals surface area contributed by atoms with Crippen LogP contribution in [0.4, 0.5) is 5.69 Å². The lowest BCUT2D eigenvalue weighted by Crippen LogP contribution is -2.43. The average molecular weight is 383 g/mol. The van der Waals surface area contributed by atoms with Gasteiger partial charge in [-0.15, -0.1) is 0 Å². The summed E-state index contributed by atoms with van der Waals surface area (Å²) >= 11 is 0. The minimum Gasteiger partial charge on any atom is -0.361 e. The van der Waals surface area contributed by atoms with E-state index in [1.165, 1.54) is 4.31 Å². The Morgan fingerprint density at radius 2 is 1.93 bits per heavy atom. The third kappa shape index (κ3) is 3.61. The molecule has 0 spiro atoms. The molecule has 7 heteroatoms. The number of hydrogen-bond donors (Lipinski definition) is 2. The zero-order chi connectivity index (χ0) is 18.9. The van der Waals surface area contributed by atoms with E-state index < -0.39 is 10.0 Å². The number of aromatic amines is 1. The first-order valence-electron chi connectivity index (χ1n) is 8.97. The maximum Gasteiger partial charge on any atom is 0.243 e. The van der Waals surface area contributed by atoms with Crippen LogP contribution < -0.4 is 5.32 Å². The van der Waals surface area contributed by atoms with Crippen molar-refractivity contribution in [3.05, 3.63) is 60.8 Å². The van der Waals surface area contributed by atoms with E-state index in [0.29, 0.717) is 19.4 Å². The first-order valence-corrected chi connectivity index (χ1v) is 10.4. The zero-order valence-corrected chi connectivity index (χ0v) is 15.6. The van der Waals surface area contributed by atoms with E-state index in [-0.39, 0.29) is 23.3 Å². The normalized spacial score (nSPS) is 18.4. The number of rotatable bonds is 4. The van der Waals surface area contributed by atoms with E-state index in [0.717, 1.165) is 16.6 Å². The van der Waals surface area contributed by atoms with Gasteiger partial charge in [-0.2, -0.15) is 4.31 Å². The molecular formula is C20H21N3O3S. The number of sulfonamides is 1. The summed E-state index contributed by atoms with van der Waals surface area (Å²) in [6, 6.07) is 16.0. The highest BCUT2D eigenvalue weighted by Gasteiger charge is 2.33. The first kappa shape index (κ1) is 17.8. The number of carbonyl (C=O) groups excluding carboxylic acids is 1. The minimum atomic E-state index is -3.57. The van der Waals surface area contributed by atoms with Crippen LogP contribution in [0.3, 0.4) is 0 Å². The lowest BCUT2D eigenvalue weighted by molar-refractivity contribution is -0.120. The van der Waals surface area contributed by atoms with E-state index in [9.17, 15) is 13.2 Å². The molecule has 27 heavy (non-hydrogen) atoms. The Balaban J connectivity index is 1.48. The molecule has 1 fully saturated rings. The van der Waals surface area contributed by atoms with Crippen molar-refractivity contribution in [1.29, 1.82) is 0 Å². The molecule has 1 saturated heterocycles. The van der Waals surface area contributed by atoms with Crippen LogP contribution in [0.2, 0.25) is 0 Å². The lowest BCUT2D eigenvalue weighted by Gasteiger charge is -2.31. The summed E-state index contributed by atoms with van der Waals surface area (Å²) in [4.78, 5) is 16.1. The Morgan fingerprint density at radius 1 is 1.11 bits per heavy atom. The van der Waals surface area contributed by atoms with Crippen LogP contribution in [-0.4, -0.2) is 36.7 Å². The molecule has 1 aliphatic rings. The molecular weight excluding hydrogens is 362 g/mol. The van der Waals surface area contributed by atoms with E-state index >= 15 is 0 Å². The predicted molar refractivity (Wildman–Crippen MR) is 105 cm³/mol. The standard InChI is InChI=1S/C20H21N3O3S/c24-20(22-17-8-9-19-15(13-17)10-11-21-19)16-5-4-12-23(14-16)27(25,26)18-6-2-1-3-7-18/h1-3,6-11,13,16,21H,4-5,12,14H2,(H,22,24)/t16-/m1/s1. The number of carbonyl (C=O) groups is 1. The average Bonchev–Trinajstić information content (AvgIpc) is 3.16. The van der Waals surface area contributed by atoms with Gasteiger partial charge in [0, 0.05) is 35.9 Å². The molecule has 0 unspecified atom stereocenters. The quantitative estimate of drug-likeness (QED) is 0.726. The molecule has 0 saturated carbocycles. The van der Waals surface area contributed by atoms with Crippen LogP contribution >= 0.6 is 0 Å². The molecule has 6 nitrogen and oxygen atoms in total. The van der Waals surface area contributed by atoms with Gasteiger partial charge in [-0.25, -0.2) is 8.42 Å². The van der Waals surface area contributed by atoms with Gasteiger partial charge < -0.3 is 10.3 Å². The van der Waals surface area contributed by atoms with Crippen LogP contribution in [0.15, 0.2) is 65.7 Å². The second-order valence-corrected chi connectivity index (χ2v) is 8.72. The number of anilines is 1. The Hall–Kier alpha value is -2.64. The number of hydrogen-bond acceptors (Lipinski definition) is 3. The molecule has 2 heterocycles. The molecule has 2 aromatic carbocycles. The molecule has 4 rings (SSSR count). The number of benzene rings is 2. The van der Waals surface area contributed by atoms with Crippen molar-refractivity contribution in [2.45, 2.75) is 17.7 Å². The van der Waals surface area contributed by atoms with Gasteiger partial charge in [0.25, 0.3) is 0 Å². The van der Waals surface area contributed by atoms with E-state index in [1.54, 1.807) is 30.3 Å². The maximum absolute atomic E-state index is 12.8. The van der Waals surface area contributed by atoms with Gasteiger partial charge in [-0.1, -0.05) is 18.2 Å². The summed E-state index contributed by atoms with van der Waals surface area (Å²) in [6.45, 7) is 0.645. The molecule has 0 bridgehead atoms. The number of nitrogens with one attached hydrogen (secondary N) is 2. The molecule has 140 valence electrons. The highest BCUT2D eigenvalue weighted by Crippen LogP contribution is 2.25. The minimum absolute atomic E-state index is 0.141. The third-order valence-electron chi connectivity index (χ3n) is 4.96. The summed E-state index contributed by atoms with van der Waals surface area (Å²) in [5.41, 5.74) is 1.72. The first-order chi connectivity index (χ1) is 13.0. The van der Waals surface area contributed by atoms with Gasteiger partial charge in [-0.3, -0.25) is 4.79 Å². The lowest BCUT2D eigenvalue weighted by atomic mass is 9.98. The van der Waals surface area contributed by atoms with E-state index in [4.69, 9.17) is 0 Å². The fourth-order valence-electron chi connectivity index (χ4n) is 3.49. The summed E-state index contributed by atoms with van der Waals surface area (Å²) < 4.78 is 27.1. The van der Waals surface area contributed by atoms with Gasteiger partial charge >= 0.3 is 0 Å². The second-order valence-electron chi connectivity index (χ2n) is 6.78. The highest BCUT2D eigenvalue weighted by molar-refractivity contribution is 7.89. The fraction of sp³-hybridized carbons (Fsp3) is 0.250. The molecule has 0 radical (unpaired) electrons. The van der Waals surface area contributed by atoms with Crippen LogP contribution in [-0.2, 0) is 14.8 Å².